The van der Waals surface area contributed by atoms with Gasteiger partial charge in [-0.15, -0.1) is 0 Å². The van der Waals surface area contributed by atoms with Crippen molar-refractivity contribution in [1.29, 1.82) is 0 Å². The molecule has 22 heavy (non-hydrogen) atoms. The maximum atomic E-state index is 12.4. The van der Waals surface area contributed by atoms with Gasteiger partial charge in [0, 0.05) is 13.1 Å². The van der Waals surface area contributed by atoms with Crippen LogP contribution in [0.5, 0.6) is 0 Å². The lowest BCUT2D eigenvalue weighted by Gasteiger charge is -2.30. The maximum Gasteiger partial charge on any atom is 0.243 e. The summed E-state index contributed by atoms with van der Waals surface area (Å²) in [5.41, 5.74) is 0. The van der Waals surface area contributed by atoms with Gasteiger partial charge < -0.3 is 5.32 Å². The third-order valence-corrected chi connectivity index (χ3v) is 6.09. The Morgan fingerprint density at radius 2 is 1.86 bits per heavy atom. The van der Waals surface area contributed by atoms with Crippen LogP contribution in [0.1, 0.15) is 32.6 Å². The predicted octanol–water partition coefficient (Wildman–Crippen LogP) is 2.00. The quantitative estimate of drug-likeness (QED) is 0.901. The van der Waals surface area contributed by atoms with Gasteiger partial charge in [0.1, 0.15) is 0 Å². The molecule has 0 unspecified atom stereocenters. The van der Waals surface area contributed by atoms with Crippen molar-refractivity contribution in [2.45, 2.75) is 43.5 Å². The van der Waals surface area contributed by atoms with E-state index in [1.807, 2.05) is 0 Å². The van der Waals surface area contributed by atoms with E-state index in [4.69, 9.17) is 0 Å². The van der Waals surface area contributed by atoms with Crippen LogP contribution < -0.4 is 5.32 Å². The van der Waals surface area contributed by atoms with Crippen molar-refractivity contribution >= 4 is 15.9 Å². The number of hydrogen-bond acceptors (Lipinski definition) is 3. The molecule has 1 N–H and O–H groups in total. The van der Waals surface area contributed by atoms with E-state index in [2.05, 4.69) is 12.2 Å². The minimum atomic E-state index is -3.62. The Labute approximate surface area is 132 Å². The van der Waals surface area contributed by atoms with Crippen molar-refractivity contribution in [2.24, 2.45) is 5.92 Å². The minimum absolute atomic E-state index is 0.152. The second kappa shape index (κ2) is 7.24. The Morgan fingerprint density at radius 3 is 2.50 bits per heavy atom. The van der Waals surface area contributed by atoms with Crippen LogP contribution in [0, 0.1) is 5.92 Å². The number of sulfonamides is 1. The zero-order valence-corrected chi connectivity index (χ0v) is 14.0. The summed E-state index contributed by atoms with van der Waals surface area (Å²) < 4.78 is 25.8. The smallest absolute Gasteiger partial charge is 0.243 e. The lowest BCUT2D eigenvalue weighted by molar-refractivity contribution is -0.122. The Kier molecular flexibility index (Phi) is 5.58. The Hall–Kier alpha value is -1.40. The molecule has 0 bridgehead atoms. The number of rotatable bonds is 5. The van der Waals surface area contributed by atoms with Gasteiger partial charge in [0.25, 0.3) is 0 Å². The largest absolute Gasteiger partial charge is 0.352 e. The fourth-order valence-electron chi connectivity index (χ4n) is 2.84. The van der Waals surface area contributed by atoms with Gasteiger partial charge in [0.05, 0.1) is 11.4 Å². The fourth-order valence-corrected chi connectivity index (χ4v) is 3.99. The average molecular weight is 324 g/mol. The van der Waals surface area contributed by atoms with E-state index in [0.29, 0.717) is 5.92 Å². The van der Waals surface area contributed by atoms with Gasteiger partial charge in [0.2, 0.25) is 15.9 Å². The predicted molar refractivity (Wildman–Crippen MR) is 85.8 cm³/mol. The van der Waals surface area contributed by atoms with E-state index in [1.54, 1.807) is 18.2 Å². The topological polar surface area (TPSA) is 66.5 Å². The van der Waals surface area contributed by atoms with E-state index in [0.717, 1.165) is 23.6 Å². The van der Waals surface area contributed by atoms with Crippen LogP contribution in [0.25, 0.3) is 0 Å². The molecule has 0 spiro atoms. The highest BCUT2D eigenvalue weighted by molar-refractivity contribution is 7.89. The first-order chi connectivity index (χ1) is 10.4. The Balaban J connectivity index is 1.96. The first kappa shape index (κ1) is 17.0. The first-order valence-corrected chi connectivity index (χ1v) is 9.16. The van der Waals surface area contributed by atoms with Gasteiger partial charge in [-0.2, -0.15) is 4.31 Å². The Bertz CT molecular complexity index is 601. The number of carbonyl (C=O) groups is 1. The number of benzene rings is 1. The summed E-state index contributed by atoms with van der Waals surface area (Å²) >= 11 is 0. The van der Waals surface area contributed by atoms with E-state index < -0.39 is 10.0 Å². The molecule has 0 saturated heterocycles. The molecular weight excluding hydrogens is 300 g/mol. The highest BCUT2D eigenvalue weighted by Gasteiger charge is 2.26. The molecule has 5 nitrogen and oxygen atoms in total. The number of nitrogens with zero attached hydrogens (tertiary/aromatic N) is 1. The molecule has 0 heterocycles. The highest BCUT2D eigenvalue weighted by Crippen LogP contribution is 2.23. The number of hydrogen-bond donors (Lipinski definition) is 1. The summed E-state index contributed by atoms with van der Waals surface area (Å²) in [5.74, 6) is 0.217. The van der Waals surface area contributed by atoms with Crippen LogP contribution in [0.2, 0.25) is 0 Å². The van der Waals surface area contributed by atoms with E-state index in [1.165, 1.54) is 25.6 Å². The second-order valence-corrected chi connectivity index (χ2v) is 8.05. The van der Waals surface area contributed by atoms with E-state index >= 15 is 0 Å². The Morgan fingerprint density at radius 1 is 1.23 bits per heavy atom. The van der Waals surface area contributed by atoms with Crippen LogP contribution in [-0.2, 0) is 14.8 Å². The molecule has 6 heteroatoms. The van der Waals surface area contributed by atoms with Crippen LogP contribution >= 0.6 is 0 Å². The van der Waals surface area contributed by atoms with E-state index in [-0.39, 0.29) is 23.4 Å². The molecule has 1 aromatic rings. The number of nitrogens with one attached hydrogen (secondary N) is 1. The molecule has 122 valence electrons. The van der Waals surface area contributed by atoms with Crippen molar-refractivity contribution in [3.8, 4) is 0 Å². The maximum absolute atomic E-state index is 12.4. The molecule has 1 saturated carbocycles. The van der Waals surface area contributed by atoms with Crippen LogP contribution in [0.3, 0.4) is 0 Å². The summed E-state index contributed by atoms with van der Waals surface area (Å²) in [5, 5.41) is 2.98. The average Bonchev–Trinajstić information content (AvgIpc) is 2.50. The molecule has 2 atom stereocenters. The zero-order chi connectivity index (χ0) is 16.2. The minimum Gasteiger partial charge on any atom is -0.352 e. The standard InChI is InChI=1S/C16H24N2O3S/c1-13-8-6-7-11-15(13)17-16(19)12-18(2)22(20,21)14-9-4-3-5-10-14/h3-5,9-10,13,15H,6-8,11-12H2,1-2H3,(H,17,19)/t13-,15+/m0/s1. The van der Waals surface area contributed by atoms with Crippen molar-refractivity contribution < 1.29 is 13.2 Å². The molecule has 0 aliphatic heterocycles. The van der Waals surface area contributed by atoms with E-state index in [9.17, 15) is 13.2 Å². The normalized spacial score (nSPS) is 22.5. The summed E-state index contributed by atoms with van der Waals surface area (Å²) in [7, 11) is -2.18. The van der Waals surface area contributed by atoms with Crippen LogP contribution in [0.4, 0.5) is 0 Å². The summed E-state index contributed by atoms with van der Waals surface area (Å²) in [6.07, 6.45) is 4.41. The second-order valence-electron chi connectivity index (χ2n) is 6.01. The van der Waals surface area contributed by atoms with Gasteiger partial charge in [0.15, 0.2) is 0 Å². The monoisotopic (exact) mass is 324 g/mol. The summed E-state index contributed by atoms with van der Waals surface area (Å²) in [6.45, 7) is 1.98. The lowest BCUT2D eigenvalue weighted by Crippen LogP contribution is -2.46. The highest BCUT2D eigenvalue weighted by atomic mass is 32.2. The van der Waals surface area contributed by atoms with Crippen molar-refractivity contribution in [3.63, 3.8) is 0 Å². The van der Waals surface area contributed by atoms with Crippen molar-refractivity contribution in [2.75, 3.05) is 13.6 Å². The molecule has 1 aromatic carbocycles. The van der Waals surface area contributed by atoms with Gasteiger partial charge in [-0.3, -0.25) is 4.79 Å². The van der Waals surface area contributed by atoms with Crippen LogP contribution in [0.15, 0.2) is 35.2 Å². The zero-order valence-electron chi connectivity index (χ0n) is 13.2. The van der Waals surface area contributed by atoms with Gasteiger partial charge in [-0.1, -0.05) is 38.0 Å². The lowest BCUT2D eigenvalue weighted by atomic mass is 9.86. The summed E-state index contributed by atoms with van der Waals surface area (Å²) in [6, 6.07) is 8.33. The molecule has 0 aromatic heterocycles. The number of likely N-dealkylation sites (N-methyl/N-ethyl adjacent to an activating group) is 1. The summed E-state index contributed by atoms with van der Waals surface area (Å²) in [4.78, 5) is 12.3. The van der Waals surface area contributed by atoms with Gasteiger partial charge >= 0.3 is 0 Å². The SMILES string of the molecule is C[C@H]1CCCC[C@H]1NC(=O)CN(C)S(=O)(=O)c1ccccc1. The molecule has 1 aliphatic rings. The number of carbonyl (C=O) groups excluding carboxylic acids is 1. The molecule has 1 amide bonds. The molecule has 0 radical (unpaired) electrons. The molecule has 1 fully saturated rings. The van der Waals surface area contributed by atoms with Crippen LogP contribution in [-0.4, -0.2) is 38.3 Å². The third-order valence-electron chi connectivity index (χ3n) is 4.28. The van der Waals surface area contributed by atoms with Gasteiger partial charge in [-0.05, 0) is 30.9 Å². The first-order valence-electron chi connectivity index (χ1n) is 7.72. The van der Waals surface area contributed by atoms with Gasteiger partial charge in [-0.25, -0.2) is 8.42 Å². The third kappa shape index (κ3) is 4.08. The van der Waals surface area contributed by atoms with Crippen molar-refractivity contribution in [3.05, 3.63) is 30.3 Å². The molecular formula is C16H24N2O3S. The fraction of sp³-hybridized carbons (Fsp3) is 0.562. The molecule has 2 rings (SSSR count). The number of amides is 1. The van der Waals surface area contributed by atoms with Crippen molar-refractivity contribution in [1.82, 2.24) is 9.62 Å². The molecule has 1 aliphatic carbocycles.